The normalized spacial score (nSPS) is 9.08. The molecule has 64 valence electrons. The van der Waals surface area contributed by atoms with Crippen molar-refractivity contribution < 1.29 is 19.1 Å². The van der Waals surface area contributed by atoms with E-state index in [1.54, 1.807) is 31.5 Å². The first-order valence-electron chi connectivity index (χ1n) is 3.64. The molecule has 0 aliphatic heterocycles. The van der Waals surface area contributed by atoms with Gasteiger partial charge >= 0.3 is 6.16 Å². The Labute approximate surface area is 70.3 Å². The van der Waals surface area contributed by atoms with Gasteiger partial charge in [-0.2, -0.15) is 4.79 Å². The molecule has 0 saturated carbocycles. The monoisotopic (exact) mass is 168 g/mol. The Bertz CT molecular complexity index is 248. The summed E-state index contributed by atoms with van der Waals surface area (Å²) in [5, 5.41) is 0. The second kappa shape index (κ2) is 4.33. The first-order chi connectivity index (χ1) is 5.83. The summed E-state index contributed by atoms with van der Waals surface area (Å²) in [5.41, 5.74) is 0. The maximum Gasteiger partial charge on any atom is 0.572 e. The van der Waals surface area contributed by atoms with Gasteiger partial charge in [-0.15, -0.1) is 4.84 Å². The lowest BCUT2D eigenvalue weighted by atomic mass is 10.5. The molecule has 1 aromatic rings. The van der Waals surface area contributed by atoms with Crippen LogP contribution in [0.2, 0.25) is 0 Å². The largest absolute Gasteiger partial charge is 0.572 e. The van der Waals surface area contributed by atoms with E-state index in [1.807, 2.05) is 6.07 Å². The van der Waals surface area contributed by atoms with E-state index in [0.717, 1.165) is 0 Å². The Balaban J connectivity index is 2.47. The zero-order chi connectivity index (χ0) is 8.81. The van der Waals surface area contributed by atoms with Gasteiger partial charge in [0.1, 0.15) is 0 Å². The van der Waals surface area contributed by atoms with E-state index in [1.165, 1.54) is 4.73 Å². The zero-order valence-electron chi connectivity index (χ0n) is 6.77. The number of hydrogen-bond donors (Lipinski definition) is 0. The molecule has 1 rings (SSSR count). The highest BCUT2D eigenvalue weighted by Crippen LogP contribution is 1.78. The van der Waals surface area contributed by atoms with Crippen molar-refractivity contribution in [3.05, 3.63) is 30.6 Å². The van der Waals surface area contributed by atoms with Crippen LogP contribution in [0, 0.1) is 0 Å². The molecule has 0 fully saturated rings. The maximum absolute atomic E-state index is 10.7. The molecule has 0 aliphatic carbocycles. The molecule has 0 aromatic carbocycles. The number of ether oxygens (including phenoxy) is 1. The fraction of sp³-hybridized carbons (Fsp3) is 0.250. The quantitative estimate of drug-likeness (QED) is 0.478. The third-order valence-corrected chi connectivity index (χ3v) is 1.13. The maximum atomic E-state index is 10.7. The molecule has 0 aliphatic rings. The molecular formula is C8H10NO3+. The van der Waals surface area contributed by atoms with Gasteiger partial charge in [-0.3, -0.25) is 0 Å². The Morgan fingerprint density at radius 1 is 1.33 bits per heavy atom. The molecule has 0 bridgehead atoms. The first kappa shape index (κ1) is 8.52. The Kier molecular flexibility index (Phi) is 3.07. The van der Waals surface area contributed by atoms with Gasteiger partial charge in [0.05, 0.1) is 6.61 Å². The molecule has 0 saturated heterocycles. The fourth-order valence-corrected chi connectivity index (χ4v) is 0.674. The number of pyridine rings is 1. The lowest BCUT2D eigenvalue weighted by molar-refractivity contribution is -0.870. The van der Waals surface area contributed by atoms with Gasteiger partial charge in [0, 0.05) is 16.9 Å². The average molecular weight is 168 g/mol. The second-order valence-electron chi connectivity index (χ2n) is 2.01. The number of nitrogens with zero attached hydrogens (tertiary/aromatic N) is 1. The minimum Gasteiger partial charge on any atom is -0.431 e. The minimum absolute atomic E-state index is 0.312. The van der Waals surface area contributed by atoms with Gasteiger partial charge < -0.3 is 4.74 Å². The van der Waals surface area contributed by atoms with E-state index in [-0.39, 0.29) is 0 Å². The van der Waals surface area contributed by atoms with Crippen molar-refractivity contribution in [1.29, 1.82) is 0 Å². The molecule has 0 spiro atoms. The minimum atomic E-state index is -0.700. The standard InChI is InChI=1S/C8H10NO3/c1-2-11-8(10)12-9-6-4-3-5-7-9/h3-7H,2H2,1H3/q+1. The highest BCUT2D eigenvalue weighted by molar-refractivity contribution is 5.59. The van der Waals surface area contributed by atoms with Crippen molar-refractivity contribution in [3.8, 4) is 0 Å². The molecule has 0 unspecified atom stereocenters. The van der Waals surface area contributed by atoms with E-state index >= 15 is 0 Å². The molecule has 4 nitrogen and oxygen atoms in total. The van der Waals surface area contributed by atoms with Crippen molar-refractivity contribution in [1.82, 2.24) is 0 Å². The van der Waals surface area contributed by atoms with Crippen LogP contribution in [0.1, 0.15) is 6.92 Å². The number of hydrogen-bond acceptors (Lipinski definition) is 3. The predicted molar refractivity (Wildman–Crippen MR) is 40.2 cm³/mol. The second-order valence-corrected chi connectivity index (χ2v) is 2.01. The Hall–Kier alpha value is -1.58. The lowest BCUT2D eigenvalue weighted by Crippen LogP contribution is -2.45. The molecule has 4 heteroatoms. The van der Waals surface area contributed by atoms with Gasteiger partial charge in [0.25, 0.3) is 0 Å². The zero-order valence-corrected chi connectivity index (χ0v) is 6.77. The molecule has 1 aromatic heterocycles. The van der Waals surface area contributed by atoms with Crippen LogP contribution < -0.4 is 9.57 Å². The summed E-state index contributed by atoms with van der Waals surface area (Å²) in [7, 11) is 0. The molecule has 0 radical (unpaired) electrons. The van der Waals surface area contributed by atoms with Crippen LogP contribution in [-0.4, -0.2) is 12.8 Å². The lowest BCUT2D eigenvalue weighted by Gasteiger charge is -1.95. The van der Waals surface area contributed by atoms with Gasteiger partial charge in [-0.05, 0) is 6.92 Å². The Morgan fingerprint density at radius 2 is 2.00 bits per heavy atom. The van der Waals surface area contributed by atoms with E-state index < -0.39 is 6.16 Å². The molecule has 12 heavy (non-hydrogen) atoms. The van der Waals surface area contributed by atoms with E-state index in [2.05, 4.69) is 4.74 Å². The summed E-state index contributed by atoms with van der Waals surface area (Å²) in [5.74, 6) is 0. The SMILES string of the molecule is CCOC(=O)O[n+]1ccccc1. The Morgan fingerprint density at radius 3 is 2.58 bits per heavy atom. The molecule has 0 N–H and O–H groups in total. The van der Waals surface area contributed by atoms with E-state index in [4.69, 9.17) is 4.84 Å². The van der Waals surface area contributed by atoms with Crippen LogP contribution in [0.25, 0.3) is 0 Å². The summed E-state index contributed by atoms with van der Waals surface area (Å²) in [4.78, 5) is 15.5. The smallest absolute Gasteiger partial charge is 0.431 e. The fourth-order valence-electron chi connectivity index (χ4n) is 0.674. The molecule has 0 amide bonds. The van der Waals surface area contributed by atoms with Crippen molar-refractivity contribution >= 4 is 6.16 Å². The van der Waals surface area contributed by atoms with Crippen LogP contribution in [-0.2, 0) is 4.74 Å². The van der Waals surface area contributed by atoms with E-state index in [9.17, 15) is 4.79 Å². The summed E-state index contributed by atoms with van der Waals surface area (Å²) >= 11 is 0. The molecular weight excluding hydrogens is 158 g/mol. The van der Waals surface area contributed by atoms with Crippen LogP contribution in [0.15, 0.2) is 30.6 Å². The van der Waals surface area contributed by atoms with Crippen LogP contribution in [0.4, 0.5) is 4.79 Å². The highest BCUT2D eigenvalue weighted by Gasteiger charge is 2.09. The number of carbonyl (C=O) groups is 1. The molecule has 1 heterocycles. The van der Waals surface area contributed by atoms with Crippen LogP contribution >= 0.6 is 0 Å². The summed E-state index contributed by atoms with van der Waals surface area (Å²) in [6.07, 6.45) is 2.52. The first-order valence-corrected chi connectivity index (χ1v) is 3.64. The van der Waals surface area contributed by atoms with Gasteiger partial charge in [-0.1, -0.05) is 6.07 Å². The summed E-state index contributed by atoms with van der Waals surface area (Å²) in [6.45, 7) is 2.03. The highest BCUT2D eigenvalue weighted by atomic mass is 16.8. The van der Waals surface area contributed by atoms with Gasteiger partial charge in [-0.25, -0.2) is 0 Å². The van der Waals surface area contributed by atoms with Crippen molar-refractivity contribution in [3.63, 3.8) is 0 Å². The molecule has 0 atom stereocenters. The van der Waals surface area contributed by atoms with Crippen molar-refractivity contribution in [2.75, 3.05) is 6.61 Å². The number of carbonyl (C=O) groups excluding carboxylic acids is 1. The summed E-state index contributed by atoms with van der Waals surface area (Å²) in [6, 6.07) is 5.32. The van der Waals surface area contributed by atoms with Crippen LogP contribution in [0.3, 0.4) is 0 Å². The third-order valence-electron chi connectivity index (χ3n) is 1.13. The van der Waals surface area contributed by atoms with Gasteiger partial charge in [0.15, 0.2) is 0 Å². The van der Waals surface area contributed by atoms with Crippen molar-refractivity contribution in [2.24, 2.45) is 0 Å². The van der Waals surface area contributed by atoms with Crippen LogP contribution in [0.5, 0.6) is 0 Å². The van der Waals surface area contributed by atoms with Gasteiger partial charge in [0.2, 0.25) is 12.4 Å². The van der Waals surface area contributed by atoms with Crippen molar-refractivity contribution in [2.45, 2.75) is 6.92 Å². The summed E-state index contributed by atoms with van der Waals surface area (Å²) < 4.78 is 5.84. The predicted octanol–water partition coefficient (Wildman–Crippen LogP) is 0.559. The topological polar surface area (TPSA) is 39.4 Å². The average Bonchev–Trinajstić information content (AvgIpc) is 2.06. The van der Waals surface area contributed by atoms with E-state index in [0.29, 0.717) is 6.61 Å². The third kappa shape index (κ3) is 2.57. The number of aromatic nitrogens is 1. The number of rotatable bonds is 2.